The number of nitrogens with one attached hydrogen (secondary N) is 1. The van der Waals surface area contributed by atoms with Crippen molar-refractivity contribution in [2.75, 3.05) is 13.2 Å². The molecule has 0 unspecified atom stereocenters. The summed E-state index contributed by atoms with van der Waals surface area (Å²) >= 11 is 0. The van der Waals surface area contributed by atoms with Gasteiger partial charge in [-0.25, -0.2) is 9.59 Å². The predicted octanol–water partition coefficient (Wildman–Crippen LogP) is 6.70. The number of hydrogen-bond donors (Lipinski definition) is 1. The molecule has 0 radical (unpaired) electrons. The first-order valence-electron chi connectivity index (χ1n) is 12.7. The minimum Gasteiger partial charge on any atom is -0.449 e. The van der Waals surface area contributed by atoms with Gasteiger partial charge in [0.25, 0.3) is 0 Å². The van der Waals surface area contributed by atoms with Gasteiger partial charge in [0.2, 0.25) is 0 Å². The molecule has 1 aliphatic carbocycles. The number of aromatic nitrogens is 1. The van der Waals surface area contributed by atoms with Gasteiger partial charge in [-0.3, -0.25) is 4.57 Å². The molecule has 5 rings (SSSR count). The maximum absolute atomic E-state index is 12.4. The Balaban J connectivity index is 1.12. The van der Waals surface area contributed by atoms with Crippen LogP contribution in [0.3, 0.4) is 0 Å². The van der Waals surface area contributed by atoms with Crippen molar-refractivity contribution in [2.45, 2.75) is 38.7 Å². The predicted molar refractivity (Wildman–Crippen MR) is 148 cm³/mol. The molecule has 1 aromatic heterocycles. The van der Waals surface area contributed by atoms with Gasteiger partial charge in [0.05, 0.1) is 5.52 Å². The van der Waals surface area contributed by atoms with E-state index in [0.717, 1.165) is 16.5 Å². The normalized spacial score (nSPS) is 12.3. The van der Waals surface area contributed by atoms with Crippen LogP contribution < -0.4 is 5.32 Å². The molecule has 1 amide bonds. The number of ether oxygens (including phenoxy) is 2. The van der Waals surface area contributed by atoms with Crippen molar-refractivity contribution in [3.8, 4) is 23.0 Å². The summed E-state index contributed by atoms with van der Waals surface area (Å²) in [7, 11) is 0. The molecule has 0 bridgehead atoms. The number of nitrogens with zero attached hydrogens (tertiary/aromatic N) is 1. The maximum atomic E-state index is 12.4. The minimum absolute atomic E-state index is 0.0352. The lowest BCUT2D eigenvalue weighted by molar-refractivity contribution is 0.0544. The van der Waals surface area contributed by atoms with Gasteiger partial charge in [0.1, 0.15) is 12.2 Å². The molecule has 192 valence electrons. The summed E-state index contributed by atoms with van der Waals surface area (Å²) in [6, 6.07) is 24.0. The first-order valence-corrected chi connectivity index (χ1v) is 12.7. The Kier molecular flexibility index (Phi) is 6.93. The average molecular weight is 507 g/mol. The van der Waals surface area contributed by atoms with E-state index >= 15 is 0 Å². The average Bonchev–Trinajstić information content (AvgIpc) is 3.45. The third-order valence-electron chi connectivity index (χ3n) is 6.38. The molecule has 1 N–H and O–H groups in total. The molecule has 6 heteroatoms. The van der Waals surface area contributed by atoms with Crippen LogP contribution in [-0.2, 0) is 9.47 Å². The van der Waals surface area contributed by atoms with Crippen LogP contribution in [0.2, 0.25) is 0 Å². The fraction of sp³-hybridized carbons (Fsp3) is 0.250. The summed E-state index contributed by atoms with van der Waals surface area (Å²) in [5.74, 6) is 6.24. The molecule has 0 saturated carbocycles. The number of carbonyl (C=O) groups is 2. The number of hydrogen-bond acceptors (Lipinski definition) is 4. The van der Waals surface area contributed by atoms with E-state index in [4.69, 9.17) is 9.47 Å². The third kappa shape index (κ3) is 5.42. The van der Waals surface area contributed by atoms with Crippen LogP contribution >= 0.6 is 0 Å². The van der Waals surface area contributed by atoms with Crippen molar-refractivity contribution in [1.82, 2.24) is 9.88 Å². The van der Waals surface area contributed by atoms with Gasteiger partial charge in [-0.1, -0.05) is 60.4 Å². The third-order valence-corrected chi connectivity index (χ3v) is 6.38. The SMILES string of the molecule is CC(C)(C)OC(=O)n1ccc2cc(C#CCCNC(=O)OCC3c4ccccc4-c4ccccc43)ccc21. The second-order valence-electron chi connectivity index (χ2n) is 10.2. The molecule has 0 atom stereocenters. The summed E-state index contributed by atoms with van der Waals surface area (Å²) < 4.78 is 12.5. The zero-order chi connectivity index (χ0) is 26.7. The lowest BCUT2D eigenvalue weighted by Gasteiger charge is -2.19. The van der Waals surface area contributed by atoms with E-state index in [1.807, 2.05) is 69.3 Å². The van der Waals surface area contributed by atoms with Crippen LogP contribution in [0.5, 0.6) is 0 Å². The van der Waals surface area contributed by atoms with Crippen molar-refractivity contribution < 1.29 is 19.1 Å². The summed E-state index contributed by atoms with van der Waals surface area (Å²) in [6.07, 6.45) is 1.33. The molecule has 0 spiro atoms. The van der Waals surface area contributed by atoms with Gasteiger partial charge >= 0.3 is 12.2 Å². The van der Waals surface area contributed by atoms with Crippen molar-refractivity contribution >= 4 is 23.1 Å². The highest BCUT2D eigenvalue weighted by molar-refractivity contribution is 5.90. The van der Waals surface area contributed by atoms with Gasteiger partial charge in [0.15, 0.2) is 0 Å². The Hall–Kier alpha value is -4.50. The highest BCUT2D eigenvalue weighted by atomic mass is 16.6. The maximum Gasteiger partial charge on any atom is 0.418 e. The van der Waals surface area contributed by atoms with Crippen molar-refractivity contribution in [2.24, 2.45) is 0 Å². The molecule has 0 saturated heterocycles. The van der Waals surface area contributed by atoms with Gasteiger partial charge in [-0.2, -0.15) is 0 Å². The lowest BCUT2D eigenvalue weighted by Crippen LogP contribution is -2.26. The number of rotatable bonds is 4. The number of alkyl carbamates (subject to hydrolysis) is 1. The van der Waals surface area contributed by atoms with Gasteiger partial charge in [0, 0.05) is 36.0 Å². The Morgan fingerprint density at radius 3 is 2.32 bits per heavy atom. The van der Waals surface area contributed by atoms with Crippen molar-refractivity contribution in [3.63, 3.8) is 0 Å². The second kappa shape index (κ2) is 10.5. The number of fused-ring (bicyclic) bond motifs is 4. The first kappa shape index (κ1) is 25.2. The zero-order valence-corrected chi connectivity index (χ0v) is 21.8. The fourth-order valence-electron chi connectivity index (χ4n) is 4.73. The molecule has 1 heterocycles. The van der Waals surface area contributed by atoms with E-state index in [2.05, 4.69) is 41.4 Å². The van der Waals surface area contributed by atoms with E-state index < -0.39 is 17.8 Å². The summed E-state index contributed by atoms with van der Waals surface area (Å²) in [6.45, 7) is 6.20. The van der Waals surface area contributed by atoms with Crippen molar-refractivity contribution in [3.05, 3.63) is 95.7 Å². The monoisotopic (exact) mass is 506 g/mol. The molecule has 1 aliphatic rings. The van der Waals surface area contributed by atoms with E-state index in [-0.39, 0.29) is 12.5 Å². The van der Waals surface area contributed by atoms with Crippen LogP contribution in [0.25, 0.3) is 22.0 Å². The van der Waals surface area contributed by atoms with Crippen molar-refractivity contribution in [1.29, 1.82) is 0 Å². The minimum atomic E-state index is -0.563. The highest BCUT2D eigenvalue weighted by Gasteiger charge is 2.29. The van der Waals surface area contributed by atoms with E-state index in [9.17, 15) is 9.59 Å². The Labute approximate surface area is 222 Å². The van der Waals surface area contributed by atoms with E-state index in [0.29, 0.717) is 13.0 Å². The molecule has 4 aromatic rings. The van der Waals surface area contributed by atoms with Gasteiger partial charge in [-0.15, -0.1) is 0 Å². The highest BCUT2D eigenvalue weighted by Crippen LogP contribution is 2.44. The molecular weight excluding hydrogens is 476 g/mol. The molecule has 3 aromatic carbocycles. The molecule has 0 aliphatic heterocycles. The fourth-order valence-corrected chi connectivity index (χ4v) is 4.73. The summed E-state index contributed by atoms with van der Waals surface area (Å²) in [4.78, 5) is 24.7. The van der Waals surface area contributed by atoms with Crippen LogP contribution in [0.1, 0.15) is 49.8 Å². The Morgan fingerprint density at radius 2 is 1.63 bits per heavy atom. The van der Waals surface area contributed by atoms with E-state index in [1.165, 1.54) is 26.8 Å². The molecular formula is C32H30N2O4. The van der Waals surface area contributed by atoms with Gasteiger partial charge in [-0.05, 0) is 67.3 Å². The summed E-state index contributed by atoms with van der Waals surface area (Å²) in [5.41, 5.74) is 5.81. The Bertz CT molecular complexity index is 1520. The smallest absolute Gasteiger partial charge is 0.418 e. The molecule has 6 nitrogen and oxygen atoms in total. The summed E-state index contributed by atoms with van der Waals surface area (Å²) in [5, 5.41) is 3.69. The first-order chi connectivity index (χ1) is 18.3. The van der Waals surface area contributed by atoms with Gasteiger partial charge < -0.3 is 14.8 Å². The topological polar surface area (TPSA) is 69.6 Å². The quantitative estimate of drug-likeness (QED) is 0.247. The lowest BCUT2D eigenvalue weighted by atomic mass is 9.98. The second-order valence-corrected chi connectivity index (χ2v) is 10.2. The molecule has 38 heavy (non-hydrogen) atoms. The Morgan fingerprint density at radius 1 is 0.947 bits per heavy atom. The number of amides is 1. The largest absolute Gasteiger partial charge is 0.449 e. The number of benzene rings is 3. The number of carbonyl (C=O) groups excluding carboxylic acids is 2. The zero-order valence-electron chi connectivity index (χ0n) is 21.8. The van der Waals surface area contributed by atoms with E-state index in [1.54, 1.807) is 6.20 Å². The van der Waals surface area contributed by atoms with Crippen LogP contribution in [-0.4, -0.2) is 35.5 Å². The van der Waals surface area contributed by atoms with Crippen LogP contribution in [0.15, 0.2) is 79.0 Å². The van der Waals surface area contributed by atoms with Crippen LogP contribution in [0.4, 0.5) is 9.59 Å². The standard InChI is InChI=1S/C32H30N2O4/c1-32(2,3)38-31(36)34-19-17-23-20-22(15-16-29(23)34)10-8-9-18-33-30(35)37-21-28-26-13-6-4-11-24(26)25-12-5-7-14-27(25)28/h4-7,11-17,19-20,28H,9,18,21H2,1-3H3,(H,33,35). The molecule has 0 fully saturated rings. The van der Waals surface area contributed by atoms with Crippen LogP contribution in [0, 0.1) is 11.8 Å².